The van der Waals surface area contributed by atoms with Crippen molar-refractivity contribution in [3.63, 3.8) is 0 Å². The Labute approximate surface area is 181 Å². The molecule has 2 aromatic carbocycles. The van der Waals surface area contributed by atoms with Crippen LogP contribution < -0.4 is 4.74 Å². The summed E-state index contributed by atoms with van der Waals surface area (Å²) in [7, 11) is 1.52. The Balaban J connectivity index is 1.56. The predicted molar refractivity (Wildman–Crippen MR) is 114 cm³/mol. The van der Waals surface area contributed by atoms with Crippen molar-refractivity contribution in [3.05, 3.63) is 64.7 Å². The average Bonchev–Trinajstić information content (AvgIpc) is 3.04. The summed E-state index contributed by atoms with van der Waals surface area (Å²) in [6.45, 7) is 3.86. The monoisotopic (exact) mass is 422 g/mol. The molecule has 2 aliphatic heterocycles. The van der Waals surface area contributed by atoms with Crippen LogP contribution >= 0.6 is 0 Å². The lowest BCUT2D eigenvalue weighted by molar-refractivity contribution is 0.00713. The average molecular weight is 422 g/mol. The Kier molecular flexibility index (Phi) is 6.04. The molecule has 1 atom stereocenters. The number of hydrogen-bond acceptors (Lipinski definition) is 5. The fraction of sp³-hybridized carbons (Fsp3) is 0.375. The molecule has 2 aliphatic rings. The Morgan fingerprint density at radius 1 is 1.10 bits per heavy atom. The fourth-order valence-corrected chi connectivity index (χ4v) is 4.25. The summed E-state index contributed by atoms with van der Waals surface area (Å²) < 4.78 is 11.1. The first-order chi connectivity index (χ1) is 15.0. The molecule has 0 saturated carbocycles. The van der Waals surface area contributed by atoms with Gasteiger partial charge in [0.05, 0.1) is 36.4 Å². The third-order valence-corrected chi connectivity index (χ3v) is 5.78. The normalized spacial score (nSPS) is 18.3. The first kappa shape index (κ1) is 21.1. The zero-order chi connectivity index (χ0) is 22.0. The second-order valence-corrected chi connectivity index (χ2v) is 7.75. The van der Waals surface area contributed by atoms with Crippen LogP contribution in [0.25, 0.3) is 0 Å². The third kappa shape index (κ3) is 4.05. The summed E-state index contributed by atoms with van der Waals surface area (Å²) in [6, 6.07) is 12.0. The molecule has 1 unspecified atom stereocenters. The van der Waals surface area contributed by atoms with Gasteiger partial charge in [-0.25, -0.2) is 0 Å². The van der Waals surface area contributed by atoms with Crippen LogP contribution in [0.3, 0.4) is 0 Å². The lowest BCUT2D eigenvalue weighted by atomic mass is 10.0. The standard InChI is InChI=1S/C24H26N2O5/c1-3-31-17-7-6-12-25(15-17)22(27)20-13-16(10-11-21(20)30-2)14-26-23(28)18-8-4-5-9-19(18)24(26)29/h4-5,8-11,13,17H,3,6-7,12,14-15H2,1-2H3. The van der Waals surface area contributed by atoms with Gasteiger partial charge < -0.3 is 14.4 Å². The van der Waals surface area contributed by atoms with Crippen molar-refractivity contribution in [2.24, 2.45) is 0 Å². The number of ether oxygens (including phenoxy) is 2. The summed E-state index contributed by atoms with van der Waals surface area (Å²) in [6.07, 6.45) is 1.86. The molecule has 0 aromatic heterocycles. The number of carbonyl (C=O) groups excluding carboxylic acids is 3. The second kappa shape index (κ2) is 8.89. The molecule has 0 aliphatic carbocycles. The number of methoxy groups -OCH3 is 1. The van der Waals surface area contributed by atoms with Crippen LogP contribution in [-0.4, -0.2) is 60.4 Å². The minimum absolute atomic E-state index is 0.0372. The number of likely N-dealkylation sites (tertiary alicyclic amines) is 1. The topological polar surface area (TPSA) is 76.2 Å². The maximum atomic E-state index is 13.3. The van der Waals surface area contributed by atoms with E-state index in [2.05, 4.69) is 0 Å². The van der Waals surface area contributed by atoms with Crippen molar-refractivity contribution in [1.29, 1.82) is 0 Å². The van der Waals surface area contributed by atoms with Crippen LogP contribution in [0.15, 0.2) is 42.5 Å². The van der Waals surface area contributed by atoms with Gasteiger partial charge in [0.25, 0.3) is 17.7 Å². The van der Waals surface area contributed by atoms with Crippen molar-refractivity contribution in [1.82, 2.24) is 9.80 Å². The smallest absolute Gasteiger partial charge is 0.261 e. The minimum atomic E-state index is -0.320. The van der Waals surface area contributed by atoms with Gasteiger partial charge in [0, 0.05) is 19.7 Å². The Bertz CT molecular complexity index is 982. The molecule has 0 N–H and O–H groups in total. The molecule has 162 valence electrons. The van der Waals surface area contributed by atoms with E-state index < -0.39 is 0 Å². The van der Waals surface area contributed by atoms with Gasteiger partial charge in [-0.3, -0.25) is 19.3 Å². The van der Waals surface area contributed by atoms with Crippen molar-refractivity contribution >= 4 is 17.7 Å². The van der Waals surface area contributed by atoms with E-state index in [-0.39, 0.29) is 30.4 Å². The van der Waals surface area contributed by atoms with Crippen molar-refractivity contribution in [3.8, 4) is 5.75 Å². The van der Waals surface area contributed by atoms with E-state index in [1.807, 2.05) is 6.92 Å². The van der Waals surface area contributed by atoms with Crippen molar-refractivity contribution in [2.75, 3.05) is 26.8 Å². The van der Waals surface area contributed by atoms with Crippen molar-refractivity contribution < 1.29 is 23.9 Å². The quantitative estimate of drug-likeness (QED) is 0.669. The van der Waals surface area contributed by atoms with Gasteiger partial charge in [-0.2, -0.15) is 0 Å². The molecule has 1 saturated heterocycles. The van der Waals surface area contributed by atoms with Crippen LogP contribution in [0.4, 0.5) is 0 Å². The molecular formula is C24H26N2O5. The number of amides is 3. The number of piperidine rings is 1. The Morgan fingerprint density at radius 3 is 2.45 bits per heavy atom. The molecule has 2 heterocycles. The van der Waals surface area contributed by atoms with E-state index in [9.17, 15) is 14.4 Å². The van der Waals surface area contributed by atoms with E-state index in [4.69, 9.17) is 9.47 Å². The zero-order valence-corrected chi connectivity index (χ0v) is 17.8. The molecule has 31 heavy (non-hydrogen) atoms. The Morgan fingerprint density at radius 2 is 1.81 bits per heavy atom. The van der Waals surface area contributed by atoms with Crippen LogP contribution in [0.1, 0.15) is 56.4 Å². The maximum absolute atomic E-state index is 13.3. The van der Waals surface area contributed by atoms with E-state index in [1.165, 1.54) is 12.0 Å². The van der Waals surface area contributed by atoms with E-state index in [0.717, 1.165) is 12.8 Å². The Hall–Kier alpha value is -3.19. The van der Waals surface area contributed by atoms with Gasteiger partial charge in [0.2, 0.25) is 0 Å². The number of benzene rings is 2. The molecule has 7 heteroatoms. The molecule has 4 rings (SSSR count). The van der Waals surface area contributed by atoms with Gasteiger partial charge >= 0.3 is 0 Å². The SMILES string of the molecule is CCOC1CCCN(C(=O)c2cc(CN3C(=O)c4ccccc4C3=O)ccc2OC)C1. The first-order valence-corrected chi connectivity index (χ1v) is 10.6. The van der Waals surface area contributed by atoms with Crippen LogP contribution in [0.5, 0.6) is 5.75 Å². The van der Waals surface area contributed by atoms with E-state index in [1.54, 1.807) is 47.4 Å². The molecule has 1 fully saturated rings. The molecule has 2 aromatic rings. The largest absolute Gasteiger partial charge is 0.496 e. The number of nitrogens with zero attached hydrogens (tertiary/aromatic N) is 2. The second-order valence-electron chi connectivity index (χ2n) is 7.75. The summed E-state index contributed by atoms with van der Waals surface area (Å²) in [5.74, 6) is -0.306. The van der Waals surface area contributed by atoms with E-state index in [0.29, 0.717) is 47.7 Å². The molecule has 0 bridgehead atoms. The highest BCUT2D eigenvalue weighted by Crippen LogP contribution is 2.28. The van der Waals surface area contributed by atoms with Gasteiger partial charge in [-0.05, 0) is 49.6 Å². The minimum Gasteiger partial charge on any atom is -0.496 e. The lowest BCUT2D eigenvalue weighted by Crippen LogP contribution is -2.43. The van der Waals surface area contributed by atoms with Gasteiger partial charge in [-0.15, -0.1) is 0 Å². The molecule has 0 radical (unpaired) electrons. The number of rotatable bonds is 6. The number of hydrogen-bond donors (Lipinski definition) is 0. The summed E-state index contributed by atoms with van der Waals surface area (Å²) in [5.41, 5.74) is 1.94. The zero-order valence-electron chi connectivity index (χ0n) is 17.8. The van der Waals surface area contributed by atoms with Crippen molar-refractivity contribution in [2.45, 2.75) is 32.4 Å². The third-order valence-electron chi connectivity index (χ3n) is 5.78. The van der Waals surface area contributed by atoms with Gasteiger partial charge in [0.1, 0.15) is 5.75 Å². The first-order valence-electron chi connectivity index (χ1n) is 10.6. The highest BCUT2D eigenvalue weighted by Gasteiger charge is 2.35. The number of carbonyl (C=O) groups is 3. The molecule has 0 spiro atoms. The predicted octanol–water partition coefficient (Wildman–Crippen LogP) is 3.13. The lowest BCUT2D eigenvalue weighted by Gasteiger charge is -2.33. The summed E-state index contributed by atoms with van der Waals surface area (Å²) in [4.78, 5) is 41.6. The van der Waals surface area contributed by atoms with Gasteiger partial charge in [-0.1, -0.05) is 18.2 Å². The van der Waals surface area contributed by atoms with Crippen LogP contribution in [0.2, 0.25) is 0 Å². The number of imide groups is 1. The molecule has 3 amide bonds. The summed E-state index contributed by atoms with van der Waals surface area (Å²) in [5, 5.41) is 0. The fourth-order valence-electron chi connectivity index (χ4n) is 4.25. The maximum Gasteiger partial charge on any atom is 0.261 e. The number of fused-ring (bicyclic) bond motifs is 1. The molecular weight excluding hydrogens is 396 g/mol. The summed E-state index contributed by atoms with van der Waals surface area (Å²) >= 11 is 0. The highest BCUT2D eigenvalue weighted by molar-refractivity contribution is 6.21. The highest BCUT2D eigenvalue weighted by atomic mass is 16.5. The van der Waals surface area contributed by atoms with Gasteiger partial charge in [0.15, 0.2) is 0 Å². The van der Waals surface area contributed by atoms with E-state index >= 15 is 0 Å². The molecule has 7 nitrogen and oxygen atoms in total. The van der Waals surface area contributed by atoms with Crippen LogP contribution in [-0.2, 0) is 11.3 Å². The van der Waals surface area contributed by atoms with Crippen LogP contribution in [0, 0.1) is 0 Å².